The second-order valence-electron chi connectivity index (χ2n) is 8.19. The number of hydrogen-bond donors (Lipinski definition) is 0. The molecule has 2 fully saturated rings. The predicted octanol–water partition coefficient (Wildman–Crippen LogP) is 3.49. The van der Waals surface area contributed by atoms with Crippen LogP contribution in [0.3, 0.4) is 0 Å². The van der Waals surface area contributed by atoms with Crippen LogP contribution in [0.15, 0.2) is 30.3 Å². The zero-order valence-corrected chi connectivity index (χ0v) is 18.5. The number of benzene rings is 1. The van der Waals surface area contributed by atoms with Crippen molar-refractivity contribution < 1.29 is 33.3 Å². The summed E-state index contributed by atoms with van der Waals surface area (Å²) in [6.07, 6.45) is 3.12. The van der Waals surface area contributed by atoms with Crippen molar-refractivity contribution in [3.8, 4) is 0 Å². The van der Waals surface area contributed by atoms with Crippen LogP contribution >= 0.6 is 0 Å². The fourth-order valence-electron chi connectivity index (χ4n) is 4.62. The highest BCUT2D eigenvalue weighted by molar-refractivity contribution is 5.76. The molecular weight excluding hydrogens is 400 g/mol. The molecular formula is C24H34O7. The summed E-state index contributed by atoms with van der Waals surface area (Å²) in [6, 6.07) is 9.89. The summed E-state index contributed by atoms with van der Waals surface area (Å²) in [7, 11) is 1.38. The average Bonchev–Trinajstić information content (AvgIpc) is 3.11. The van der Waals surface area contributed by atoms with Crippen molar-refractivity contribution in [2.24, 2.45) is 17.8 Å². The van der Waals surface area contributed by atoms with Crippen LogP contribution < -0.4 is 0 Å². The standard InChI is InChI=1S/C24H34O7/c1-3-29-21(25)14-18-13-20(31-22-11-7-8-12-30-22)19(23(18)24(26)27-2)16-28-15-17-9-5-4-6-10-17/h4-6,9-10,18-20,22-23H,3,7-8,11-16H2,1-2H3/t18-,19+,20-,22?,23+/m1/s1. The molecule has 7 heteroatoms. The summed E-state index contributed by atoms with van der Waals surface area (Å²) in [6.45, 7) is 3.55. The normalized spacial score (nSPS) is 28.3. The SMILES string of the molecule is CCOC(=O)C[C@H]1C[C@@H](OC2CCCCO2)[C@H](COCc2ccccc2)[C@H]1C(=O)OC. The molecule has 0 N–H and O–H groups in total. The molecule has 0 amide bonds. The highest BCUT2D eigenvalue weighted by Crippen LogP contribution is 2.43. The Bertz CT molecular complexity index is 686. The van der Waals surface area contributed by atoms with E-state index in [0.29, 0.717) is 32.8 Å². The maximum absolute atomic E-state index is 12.7. The van der Waals surface area contributed by atoms with Gasteiger partial charge in [0.05, 0.1) is 39.0 Å². The van der Waals surface area contributed by atoms with Gasteiger partial charge in [-0.1, -0.05) is 30.3 Å². The predicted molar refractivity (Wildman–Crippen MR) is 113 cm³/mol. The van der Waals surface area contributed by atoms with Crippen LogP contribution in [-0.4, -0.2) is 51.3 Å². The van der Waals surface area contributed by atoms with Gasteiger partial charge in [-0.25, -0.2) is 0 Å². The van der Waals surface area contributed by atoms with Gasteiger partial charge in [0.15, 0.2) is 6.29 Å². The average molecular weight is 435 g/mol. The quantitative estimate of drug-likeness (QED) is 0.522. The van der Waals surface area contributed by atoms with E-state index in [-0.39, 0.29) is 42.6 Å². The van der Waals surface area contributed by atoms with E-state index in [9.17, 15) is 9.59 Å². The zero-order valence-electron chi connectivity index (χ0n) is 18.5. The first-order chi connectivity index (χ1) is 15.1. The first kappa shape index (κ1) is 23.7. The van der Waals surface area contributed by atoms with E-state index < -0.39 is 5.92 Å². The van der Waals surface area contributed by atoms with Crippen molar-refractivity contribution in [2.45, 2.75) is 58.0 Å². The zero-order chi connectivity index (χ0) is 22.1. The summed E-state index contributed by atoms with van der Waals surface area (Å²) in [5.74, 6) is -1.57. The molecule has 1 aromatic rings. The summed E-state index contributed by atoms with van der Waals surface area (Å²) >= 11 is 0. The number of carbonyl (C=O) groups excluding carboxylic acids is 2. The largest absolute Gasteiger partial charge is 0.469 e. The molecule has 0 aromatic heterocycles. The second-order valence-corrected chi connectivity index (χ2v) is 8.19. The van der Waals surface area contributed by atoms with Crippen molar-refractivity contribution in [2.75, 3.05) is 26.9 Å². The monoisotopic (exact) mass is 434 g/mol. The van der Waals surface area contributed by atoms with Crippen molar-refractivity contribution in [3.63, 3.8) is 0 Å². The molecule has 0 spiro atoms. The number of hydrogen-bond acceptors (Lipinski definition) is 7. The van der Waals surface area contributed by atoms with Gasteiger partial charge in [0.2, 0.25) is 0 Å². The lowest BCUT2D eigenvalue weighted by Crippen LogP contribution is -2.36. The first-order valence-electron chi connectivity index (χ1n) is 11.2. The van der Waals surface area contributed by atoms with Crippen LogP contribution in [0.4, 0.5) is 0 Å². The van der Waals surface area contributed by atoms with Gasteiger partial charge in [-0.3, -0.25) is 9.59 Å². The molecule has 172 valence electrons. The number of rotatable bonds is 10. The van der Waals surface area contributed by atoms with E-state index in [1.165, 1.54) is 7.11 Å². The third-order valence-corrected chi connectivity index (χ3v) is 6.08. The van der Waals surface area contributed by atoms with Crippen LogP contribution in [0.1, 0.15) is 44.6 Å². The molecule has 1 aliphatic carbocycles. The minimum absolute atomic E-state index is 0.161. The molecule has 2 aliphatic rings. The highest BCUT2D eigenvalue weighted by Gasteiger charge is 2.50. The van der Waals surface area contributed by atoms with Gasteiger partial charge in [-0.2, -0.15) is 0 Å². The Morgan fingerprint density at radius 1 is 1.16 bits per heavy atom. The number of ether oxygens (including phenoxy) is 5. The summed E-state index contributed by atoms with van der Waals surface area (Å²) in [5, 5.41) is 0. The van der Waals surface area contributed by atoms with Crippen molar-refractivity contribution >= 4 is 11.9 Å². The Labute approximate surface area is 184 Å². The lowest BCUT2D eigenvalue weighted by molar-refractivity contribution is -0.200. The van der Waals surface area contributed by atoms with Gasteiger partial charge in [-0.05, 0) is 44.1 Å². The van der Waals surface area contributed by atoms with Crippen molar-refractivity contribution in [1.29, 1.82) is 0 Å². The fraction of sp³-hybridized carbons (Fsp3) is 0.667. The third kappa shape index (κ3) is 6.76. The van der Waals surface area contributed by atoms with Gasteiger partial charge in [-0.15, -0.1) is 0 Å². The lowest BCUT2D eigenvalue weighted by atomic mass is 9.87. The third-order valence-electron chi connectivity index (χ3n) is 6.08. The molecule has 0 radical (unpaired) electrons. The number of carbonyl (C=O) groups is 2. The molecule has 7 nitrogen and oxygen atoms in total. The van der Waals surface area contributed by atoms with E-state index in [2.05, 4.69) is 0 Å². The van der Waals surface area contributed by atoms with Crippen LogP contribution in [-0.2, 0) is 39.9 Å². The maximum Gasteiger partial charge on any atom is 0.309 e. The van der Waals surface area contributed by atoms with Gasteiger partial charge in [0.1, 0.15) is 0 Å². The molecule has 1 aromatic carbocycles. The van der Waals surface area contributed by atoms with Crippen LogP contribution in [0, 0.1) is 17.8 Å². The van der Waals surface area contributed by atoms with Crippen LogP contribution in [0.5, 0.6) is 0 Å². The van der Waals surface area contributed by atoms with Gasteiger partial charge in [0.25, 0.3) is 0 Å². The minimum atomic E-state index is -0.487. The Kier molecular flexibility index (Phi) is 9.31. The minimum Gasteiger partial charge on any atom is -0.469 e. The molecule has 0 bridgehead atoms. The Hall–Kier alpha value is -1.96. The van der Waals surface area contributed by atoms with E-state index in [0.717, 1.165) is 24.8 Å². The Balaban J connectivity index is 1.72. The molecule has 1 saturated carbocycles. The lowest BCUT2D eigenvalue weighted by Gasteiger charge is -2.30. The molecule has 1 heterocycles. The Morgan fingerprint density at radius 2 is 1.97 bits per heavy atom. The van der Waals surface area contributed by atoms with Crippen LogP contribution in [0.2, 0.25) is 0 Å². The van der Waals surface area contributed by atoms with Crippen molar-refractivity contribution in [1.82, 2.24) is 0 Å². The van der Waals surface area contributed by atoms with E-state index in [1.807, 2.05) is 30.3 Å². The summed E-state index contributed by atoms with van der Waals surface area (Å²) < 4.78 is 28.3. The van der Waals surface area contributed by atoms with Gasteiger partial charge in [0, 0.05) is 18.9 Å². The number of esters is 2. The maximum atomic E-state index is 12.7. The van der Waals surface area contributed by atoms with Gasteiger partial charge >= 0.3 is 11.9 Å². The molecule has 1 saturated heterocycles. The highest BCUT2D eigenvalue weighted by atomic mass is 16.7. The Morgan fingerprint density at radius 3 is 2.65 bits per heavy atom. The van der Waals surface area contributed by atoms with Crippen molar-refractivity contribution in [3.05, 3.63) is 35.9 Å². The fourth-order valence-corrected chi connectivity index (χ4v) is 4.62. The molecule has 1 aliphatic heterocycles. The van der Waals surface area contributed by atoms with E-state index in [1.54, 1.807) is 6.92 Å². The van der Waals surface area contributed by atoms with E-state index in [4.69, 9.17) is 23.7 Å². The van der Waals surface area contributed by atoms with E-state index >= 15 is 0 Å². The molecule has 5 atom stereocenters. The topological polar surface area (TPSA) is 80.3 Å². The summed E-state index contributed by atoms with van der Waals surface area (Å²) in [4.78, 5) is 24.9. The van der Waals surface area contributed by atoms with Gasteiger partial charge < -0.3 is 23.7 Å². The molecule has 3 rings (SSSR count). The first-order valence-corrected chi connectivity index (χ1v) is 11.2. The molecule has 31 heavy (non-hydrogen) atoms. The van der Waals surface area contributed by atoms with Crippen LogP contribution in [0.25, 0.3) is 0 Å². The summed E-state index contributed by atoms with van der Waals surface area (Å²) in [5.41, 5.74) is 1.06. The molecule has 1 unspecified atom stereocenters. The second kappa shape index (κ2) is 12.2. The number of methoxy groups -OCH3 is 1. The smallest absolute Gasteiger partial charge is 0.309 e.